The highest BCUT2D eigenvalue weighted by atomic mass is 15.1. The first-order valence-electron chi connectivity index (χ1n) is 5.48. The molecule has 1 saturated carbocycles. The second kappa shape index (κ2) is 4.63. The van der Waals surface area contributed by atoms with Crippen molar-refractivity contribution < 1.29 is 0 Å². The second-order valence-electron chi connectivity index (χ2n) is 5.07. The van der Waals surface area contributed by atoms with Gasteiger partial charge in [0.2, 0.25) is 0 Å². The summed E-state index contributed by atoms with van der Waals surface area (Å²) in [5, 5.41) is 3.48. The van der Waals surface area contributed by atoms with E-state index in [0.717, 1.165) is 5.92 Å². The SMILES string of the molecule is CC1CCCC(C)(C)C1/C=C/C=NN. The van der Waals surface area contributed by atoms with E-state index in [-0.39, 0.29) is 0 Å². The van der Waals surface area contributed by atoms with Crippen LogP contribution in [0.15, 0.2) is 17.3 Å². The average Bonchev–Trinajstić information content (AvgIpc) is 2.09. The van der Waals surface area contributed by atoms with E-state index in [2.05, 4.69) is 31.9 Å². The van der Waals surface area contributed by atoms with Crippen molar-refractivity contribution in [3.63, 3.8) is 0 Å². The van der Waals surface area contributed by atoms with Crippen LogP contribution in [-0.2, 0) is 0 Å². The van der Waals surface area contributed by atoms with E-state index >= 15 is 0 Å². The Hall–Kier alpha value is -0.790. The first-order chi connectivity index (χ1) is 6.58. The summed E-state index contributed by atoms with van der Waals surface area (Å²) in [6, 6.07) is 0. The monoisotopic (exact) mass is 194 g/mol. The van der Waals surface area contributed by atoms with Crippen LogP contribution in [0.5, 0.6) is 0 Å². The Balaban J connectivity index is 2.70. The maximum absolute atomic E-state index is 5.06. The predicted molar refractivity (Wildman–Crippen MR) is 62.1 cm³/mol. The van der Waals surface area contributed by atoms with Gasteiger partial charge in [-0.05, 0) is 29.7 Å². The summed E-state index contributed by atoms with van der Waals surface area (Å²) in [6.07, 6.45) is 9.94. The smallest absolute Gasteiger partial charge is 0.0462 e. The highest BCUT2D eigenvalue weighted by molar-refractivity contribution is 5.70. The summed E-state index contributed by atoms with van der Waals surface area (Å²) in [5.74, 6) is 6.50. The zero-order valence-corrected chi connectivity index (χ0v) is 9.53. The van der Waals surface area contributed by atoms with E-state index in [4.69, 9.17) is 5.84 Å². The van der Waals surface area contributed by atoms with Crippen molar-refractivity contribution >= 4 is 6.21 Å². The number of hydrogen-bond donors (Lipinski definition) is 1. The lowest BCUT2D eigenvalue weighted by Crippen LogP contribution is -2.32. The van der Waals surface area contributed by atoms with Crippen molar-refractivity contribution in [1.82, 2.24) is 0 Å². The first-order valence-corrected chi connectivity index (χ1v) is 5.48. The van der Waals surface area contributed by atoms with Gasteiger partial charge in [-0.15, -0.1) is 0 Å². The molecule has 0 heterocycles. The molecule has 0 aromatic heterocycles. The third kappa shape index (κ3) is 2.60. The minimum atomic E-state index is 0.427. The molecule has 0 aromatic carbocycles. The van der Waals surface area contributed by atoms with Gasteiger partial charge < -0.3 is 5.84 Å². The van der Waals surface area contributed by atoms with Gasteiger partial charge in [-0.1, -0.05) is 39.7 Å². The number of nitrogens with two attached hydrogens (primary N) is 1. The number of rotatable bonds is 2. The number of nitrogens with zero attached hydrogens (tertiary/aromatic N) is 1. The molecule has 0 saturated heterocycles. The first kappa shape index (κ1) is 11.3. The lowest BCUT2D eigenvalue weighted by atomic mass is 9.64. The van der Waals surface area contributed by atoms with Crippen LogP contribution < -0.4 is 5.84 Å². The topological polar surface area (TPSA) is 38.4 Å². The minimum absolute atomic E-state index is 0.427. The Kier molecular flexibility index (Phi) is 3.73. The van der Waals surface area contributed by atoms with Gasteiger partial charge in [-0.3, -0.25) is 0 Å². The van der Waals surface area contributed by atoms with E-state index in [1.165, 1.54) is 19.3 Å². The molecule has 0 bridgehead atoms. The van der Waals surface area contributed by atoms with Crippen LogP contribution >= 0.6 is 0 Å². The van der Waals surface area contributed by atoms with Crippen LogP contribution in [-0.4, -0.2) is 6.21 Å². The van der Waals surface area contributed by atoms with Gasteiger partial charge in [-0.2, -0.15) is 5.10 Å². The molecule has 0 spiro atoms. The molecule has 14 heavy (non-hydrogen) atoms. The Labute approximate surface area is 87.3 Å². The van der Waals surface area contributed by atoms with Crippen LogP contribution in [0.1, 0.15) is 40.0 Å². The van der Waals surface area contributed by atoms with Crippen LogP contribution in [0.3, 0.4) is 0 Å². The van der Waals surface area contributed by atoms with Gasteiger partial charge in [0.25, 0.3) is 0 Å². The third-order valence-corrected chi connectivity index (χ3v) is 3.49. The van der Waals surface area contributed by atoms with E-state index in [1.54, 1.807) is 6.21 Å². The molecule has 0 amide bonds. The van der Waals surface area contributed by atoms with Gasteiger partial charge in [0, 0.05) is 6.21 Å². The Morgan fingerprint density at radius 2 is 2.14 bits per heavy atom. The molecule has 2 heteroatoms. The average molecular weight is 194 g/mol. The zero-order valence-electron chi connectivity index (χ0n) is 9.53. The van der Waals surface area contributed by atoms with Crippen LogP contribution in [0.2, 0.25) is 0 Å². The summed E-state index contributed by atoms with van der Waals surface area (Å²) >= 11 is 0. The Morgan fingerprint density at radius 3 is 2.71 bits per heavy atom. The molecule has 1 fully saturated rings. The fourth-order valence-electron chi connectivity index (χ4n) is 2.67. The molecule has 2 atom stereocenters. The molecular formula is C12H22N2. The summed E-state index contributed by atoms with van der Waals surface area (Å²) in [7, 11) is 0. The molecule has 0 aromatic rings. The van der Waals surface area contributed by atoms with Crippen LogP contribution in [0.25, 0.3) is 0 Å². The minimum Gasteiger partial charge on any atom is -0.323 e. The van der Waals surface area contributed by atoms with E-state index in [9.17, 15) is 0 Å². The van der Waals surface area contributed by atoms with Gasteiger partial charge in [-0.25, -0.2) is 0 Å². The van der Waals surface area contributed by atoms with E-state index in [0.29, 0.717) is 11.3 Å². The largest absolute Gasteiger partial charge is 0.323 e. The van der Waals surface area contributed by atoms with Crippen molar-refractivity contribution in [3.05, 3.63) is 12.2 Å². The molecule has 0 aliphatic heterocycles. The fourth-order valence-corrected chi connectivity index (χ4v) is 2.67. The van der Waals surface area contributed by atoms with Gasteiger partial charge in [0.1, 0.15) is 0 Å². The van der Waals surface area contributed by atoms with Gasteiger partial charge in [0.05, 0.1) is 0 Å². The molecule has 1 aliphatic rings. The Bertz CT molecular complexity index is 228. The summed E-state index contributed by atoms with van der Waals surface area (Å²) in [5.41, 5.74) is 0.427. The molecule has 1 aliphatic carbocycles. The number of hydrazone groups is 1. The summed E-state index contributed by atoms with van der Waals surface area (Å²) in [6.45, 7) is 7.06. The molecule has 2 N–H and O–H groups in total. The van der Waals surface area contributed by atoms with Gasteiger partial charge in [0.15, 0.2) is 0 Å². The fraction of sp³-hybridized carbons (Fsp3) is 0.750. The summed E-state index contributed by atoms with van der Waals surface area (Å²) in [4.78, 5) is 0. The number of allylic oxidation sites excluding steroid dienone is 2. The van der Waals surface area contributed by atoms with Crippen LogP contribution in [0, 0.1) is 17.3 Å². The highest BCUT2D eigenvalue weighted by Crippen LogP contribution is 2.44. The maximum Gasteiger partial charge on any atom is 0.0462 e. The van der Waals surface area contributed by atoms with Crippen molar-refractivity contribution in [2.45, 2.75) is 40.0 Å². The quantitative estimate of drug-likeness (QED) is 0.409. The molecule has 0 radical (unpaired) electrons. The van der Waals surface area contributed by atoms with Gasteiger partial charge >= 0.3 is 0 Å². The lowest BCUT2D eigenvalue weighted by molar-refractivity contribution is 0.123. The predicted octanol–water partition coefficient (Wildman–Crippen LogP) is 2.95. The van der Waals surface area contributed by atoms with Crippen molar-refractivity contribution in [2.75, 3.05) is 0 Å². The molecule has 1 rings (SSSR count). The van der Waals surface area contributed by atoms with Crippen LogP contribution in [0.4, 0.5) is 0 Å². The standard InChI is InChI=1S/C12H22N2/c1-10-6-4-8-12(2,3)11(10)7-5-9-14-13/h5,7,9-11H,4,6,8,13H2,1-3H3/b7-5+,14-9?. The van der Waals surface area contributed by atoms with Crippen molar-refractivity contribution in [3.8, 4) is 0 Å². The summed E-state index contributed by atoms with van der Waals surface area (Å²) < 4.78 is 0. The van der Waals surface area contributed by atoms with Crippen molar-refractivity contribution in [1.29, 1.82) is 0 Å². The third-order valence-electron chi connectivity index (χ3n) is 3.49. The lowest BCUT2D eigenvalue weighted by Gasteiger charge is -2.41. The number of hydrogen-bond acceptors (Lipinski definition) is 2. The Morgan fingerprint density at radius 1 is 1.43 bits per heavy atom. The maximum atomic E-state index is 5.06. The van der Waals surface area contributed by atoms with Crippen molar-refractivity contribution in [2.24, 2.45) is 28.2 Å². The normalized spacial score (nSPS) is 32.8. The molecule has 2 nitrogen and oxygen atoms in total. The molecule has 2 unspecified atom stereocenters. The molecular weight excluding hydrogens is 172 g/mol. The zero-order chi connectivity index (χ0) is 10.6. The second-order valence-corrected chi connectivity index (χ2v) is 5.07. The highest BCUT2D eigenvalue weighted by Gasteiger charge is 2.34. The van der Waals surface area contributed by atoms with E-state index < -0.39 is 0 Å². The van der Waals surface area contributed by atoms with E-state index in [1.807, 2.05) is 6.08 Å². The molecule has 80 valence electrons.